The number of halogens is 2. The predicted octanol–water partition coefficient (Wildman–Crippen LogP) is 6.00. The minimum atomic E-state index is -3.35. The van der Waals surface area contributed by atoms with Gasteiger partial charge in [0.05, 0.1) is 12.7 Å². The second kappa shape index (κ2) is 14.6. The van der Waals surface area contributed by atoms with Crippen molar-refractivity contribution < 1.29 is 28.5 Å². The Bertz CT molecular complexity index is 511. The number of hydrogen-bond donors (Lipinski definition) is 2. The van der Waals surface area contributed by atoms with E-state index >= 15 is 0 Å². The number of rotatable bonds is 7. The third kappa shape index (κ3) is 9.77. The second-order valence-corrected chi connectivity index (χ2v) is 6.73. The van der Waals surface area contributed by atoms with Crippen LogP contribution in [0.5, 0.6) is 0 Å². The van der Waals surface area contributed by atoms with Gasteiger partial charge in [0.25, 0.3) is 5.92 Å². The average Bonchev–Trinajstić information content (AvgIpc) is 3.35. The molecule has 1 saturated carbocycles. The van der Waals surface area contributed by atoms with Crippen molar-refractivity contribution in [1.82, 2.24) is 0 Å². The van der Waals surface area contributed by atoms with E-state index < -0.39 is 12.0 Å². The van der Waals surface area contributed by atoms with Crippen LogP contribution in [-0.4, -0.2) is 41.1 Å². The Hall–Kier alpha value is -1.40. The molecule has 3 unspecified atom stereocenters. The van der Waals surface area contributed by atoms with Crippen molar-refractivity contribution in [3.8, 4) is 0 Å². The monoisotopic (exact) mass is 420 g/mol. The third-order valence-corrected chi connectivity index (χ3v) is 4.46. The van der Waals surface area contributed by atoms with Crippen LogP contribution < -0.4 is 0 Å². The topological polar surface area (TPSA) is 58.9 Å². The van der Waals surface area contributed by atoms with Crippen molar-refractivity contribution in [3.05, 3.63) is 36.3 Å². The smallest absolute Gasteiger partial charge is 0.298 e. The van der Waals surface area contributed by atoms with Crippen LogP contribution in [0.2, 0.25) is 0 Å². The predicted molar refractivity (Wildman–Crippen MR) is 116 cm³/mol. The summed E-state index contributed by atoms with van der Waals surface area (Å²) < 4.78 is 36.0. The molecule has 1 aliphatic carbocycles. The first kappa shape index (κ1) is 29.8. The lowest BCUT2D eigenvalue weighted by atomic mass is 10.0. The number of ether oxygens (including phenoxy) is 2. The summed E-state index contributed by atoms with van der Waals surface area (Å²) in [5, 5.41) is 19.0. The number of aliphatic hydroxyl groups excluding tert-OH is 2. The van der Waals surface area contributed by atoms with E-state index in [9.17, 15) is 13.9 Å². The molecule has 1 heterocycles. The van der Waals surface area contributed by atoms with Crippen molar-refractivity contribution in [2.75, 3.05) is 6.61 Å². The van der Waals surface area contributed by atoms with Crippen molar-refractivity contribution in [2.45, 2.75) is 98.9 Å². The van der Waals surface area contributed by atoms with Gasteiger partial charge in [0.2, 0.25) is 0 Å². The fraction of sp³-hybridized carbons (Fsp3) is 0.739. The molecule has 2 aliphatic rings. The summed E-state index contributed by atoms with van der Waals surface area (Å²) in [7, 11) is 0. The van der Waals surface area contributed by atoms with Crippen LogP contribution in [0.3, 0.4) is 0 Å². The van der Waals surface area contributed by atoms with E-state index in [-0.39, 0.29) is 30.0 Å². The molecule has 0 aromatic carbocycles. The van der Waals surface area contributed by atoms with Gasteiger partial charge in [-0.05, 0) is 51.8 Å². The van der Waals surface area contributed by atoms with Crippen LogP contribution in [0.25, 0.3) is 0 Å². The molecule has 1 aliphatic heterocycles. The summed E-state index contributed by atoms with van der Waals surface area (Å²) in [6.07, 6.45) is 4.90. The highest BCUT2D eigenvalue weighted by atomic mass is 19.3. The Balaban J connectivity index is 0. The second-order valence-electron chi connectivity index (χ2n) is 6.73. The van der Waals surface area contributed by atoms with E-state index in [0.29, 0.717) is 6.08 Å². The first-order valence-electron chi connectivity index (χ1n) is 10.6. The van der Waals surface area contributed by atoms with E-state index in [4.69, 9.17) is 14.6 Å². The molecule has 0 saturated heterocycles. The fourth-order valence-electron chi connectivity index (χ4n) is 2.39. The standard InChI is InChI=1S/C10H16O2.C9H14F2O2.2C2H6/c1-7-3-4-8(12-7)9(11)10(2)5-6-10;1-4-7(13-6-3)8(12)9(10,11)5-2;2*1-2/h4,7,9,11H,3,5-6H2,1-2H3;4-5,8,12H,2,6H2,1,3H3;2*1-2H3/b;7-4-;;. The average molecular weight is 421 g/mol. The number of aliphatic hydroxyl groups is 2. The molecule has 4 nitrogen and oxygen atoms in total. The van der Waals surface area contributed by atoms with Gasteiger partial charge in [-0.25, -0.2) is 0 Å². The number of allylic oxidation sites excluding steroid dienone is 1. The molecular weight excluding hydrogens is 378 g/mol. The summed E-state index contributed by atoms with van der Waals surface area (Å²) >= 11 is 0. The quantitative estimate of drug-likeness (QED) is 0.392. The Kier molecular flexibility index (Phi) is 15.0. The lowest BCUT2D eigenvalue weighted by molar-refractivity contribution is -0.0731. The summed E-state index contributed by atoms with van der Waals surface area (Å²) in [4.78, 5) is 0. The molecule has 0 amide bonds. The summed E-state index contributed by atoms with van der Waals surface area (Å²) in [5.74, 6) is -2.67. The van der Waals surface area contributed by atoms with Gasteiger partial charge in [-0.3, -0.25) is 0 Å². The van der Waals surface area contributed by atoms with Crippen LogP contribution in [0.15, 0.2) is 36.3 Å². The lowest BCUT2D eigenvalue weighted by Gasteiger charge is -2.21. The largest absolute Gasteiger partial charge is 0.496 e. The number of hydrogen-bond acceptors (Lipinski definition) is 4. The fourth-order valence-corrected chi connectivity index (χ4v) is 2.39. The molecule has 0 aromatic heterocycles. The maximum absolute atomic E-state index is 12.8. The van der Waals surface area contributed by atoms with Crippen LogP contribution in [-0.2, 0) is 9.47 Å². The van der Waals surface area contributed by atoms with Gasteiger partial charge in [-0.2, -0.15) is 8.78 Å². The van der Waals surface area contributed by atoms with E-state index in [2.05, 4.69) is 13.5 Å². The van der Waals surface area contributed by atoms with Gasteiger partial charge >= 0.3 is 0 Å². The first-order valence-corrected chi connectivity index (χ1v) is 10.6. The molecule has 0 spiro atoms. The van der Waals surface area contributed by atoms with Crippen molar-refractivity contribution in [3.63, 3.8) is 0 Å². The van der Waals surface area contributed by atoms with Crippen molar-refractivity contribution in [1.29, 1.82) is 0 Å². The minimum Gasteiger partial charge on any atom is -0.496 e. The molecule has 29 heavy (non-hydrogen) atoms. The molecule has 2 rings (SSSR count). The van der Waals surface area contributed by atoms with Crippen LogP contribution in [0.1, 0.15) is 74.7 Å². The number of alkyl halides is 2. The molecule has 2 N–H and O–H groups in total. The van der Waals surface area contributed by atoms with Crippen LogP contribution in [0.4, 0.5) is 8.78 Å². The molecule has 172 valence electrons. The van der Waals surface area contributed by atoms with E-state index in [0.717, 1.165) is 25.0 Å². The Morgan fingerprint density at radius 1 is 1.34 bits per heavy atom. The molecule has 3 atom stereocenters. The van der Waals surface area contributed by atoms with Crippen molar-refractivity contribution >= 4 is 0 Å². The summed E-state index contributed by atoms with van der Waals surface area (Å²) in [6, 6.07) is 0. The minimum absolute atomic E-state index is 0.121. The molecule has 1 fully saturated rings. The summed E-state index contributed by atoms with van der Waals surface area (Å²) in [6.45, 7) is 18.5. The Morgan fingerprint density at radius 3 is 2.17 bits per heavy atom. The Labute approximate surface area is 176 Å². The van der Waals surface area contributed by atoms with Crippen LogP contribution in [0, 0.1) is 5.41 Å². The highest BCUT2D eigenvalue weighted by Gasteiger charge is 2.47. The normalized spacial score (nSPS) is 21.3. The third-order valence-electron chi connectivity index (χ3n) is 4.46. The first-order chi connectivity index (χ1) is 13.6. The van der Waals surface area contributed by atoms with Crippen LogP contribution >= 0.6 is 0 Å². The van der Waals surface area contributed by atoms with Gasteiger partial charge in [0, 0.05) is 11.8 Å². The molecule has 0 bridgehead atoms. The highest BCUT2D eigenvalue weighted by molar-refractivity contribution is 5.14. The van der Waals surface area contributed by atoms with Gasteiger partial charge in [0.15, 0.2) is 6.10 Å². The zero-order chi connectivity index (χ0) is 23.3. The van der Waals surface area contributed by atoms with Gasteiger partial charge in [-0.1, -0.05) is 41.2 Å². The maximum Gasteiger partial charge on any atom is 0.298 e. The van der Waals surface area contributed by atoms with E-state index in [1.165, 1.54) is 13.0 Å². The zero-order valence-electron chi connectivity index (χ0n) is 19.5. The molecule has 0 aromatic rings. The van der Waals surface area contributed by atoms with Gasteiger partial charge in [0.1, 0.15) is 17.6 Å². The van der Waals surface area contributed by atoms with Crippen molar-refractivity contribution in [2.24, 2.45) is 5.41 Å². The van der Waals surface area contributed by atoms with E-state index in [1.54, 1.807) is 6.92 Å². The molecule has 6 heteroatoms. The maximum atomic E-state index is 12.8. The summed E-state index contributed by atoms with van der Waals surface area (Å²) in [5.41, 5.74) is 0.121. The van der Waals surface area contributed by atoms with Gasteiger partial charge in [-0.15, -0.1) is 0 Å². The highest BCUT2D eigenvalue weighted by Crippen LogP contribution is 2.50. The molecular formula is C23H42F2O4. The van der Waals surface area contributed by atoms with E-state index in [1.807, 2.05) is 40.7 Å². The lowest BCUT2D eigenvalue weighted by Crippen LogP contribution is -2.33. The molecule has 0 radical (unpaired) electrons. The Morgan fingerprint density at radius 2 is 1.86 bits per heavy atom. The zero-order valence-corrected chi connectivity index (χ0v) is 19.5. The van der Waals surface area contributed by atoms with Gasteiger partial charge < -0.3 is 19.7 Å². The SMILES string of the molecule is C=CC(F)(F)C(O)/C(=C/C)OCC.CC.CC.CC1CC=C(C(O)C2(C)CC2)O1.